The topological polar surface area (TPSA) is 91.6 Å². The van der Waals surface area contributed by atoms with Gasteiger partial charge in [-0.2, -0.15) is 13.2 Å². The number of pyridine rings is 1. The minimum absolute atomic E-state index is 0.305. The van der Waals surface area contributed by atoms with E-state index in [1.54, 1.807) is 0 Å². The van der Waals surface area contributed by atoms with E-state index in [9.17, 15) is 28.1 Å². The minimum Gasteiger partial charge on any atom is -0.472 e. The molecule has 1 rings (SSSR count). The first-order chi connectivity index (χ1) is 9.24. The summed E-state index contributed by atoms with van der Waals surface area (Å²) < 4.78 is 44.9. The van der Waals surface area contributed by atoms with Gasteiger partial charge in [-0.05, 0) is 6.07 Å². The van der Waals surface area contributed by atoms with Gasteiger partial charge in [-0.3, -0.25) is 10.1 Å². The molecule has 0 saturated carbocycles. The fraction of sp³-hybridized carbons (Fsp3) is 0.400. The van der Waals surface area contributed by atoms with Crippen LogP contribution in [0.1, 0.15) is 16.9 Å². The molecule has 0 atom stereocenters. The van der Waals surface area contributed by atoms with E-state index in [1.165, 1.54) is 0 Å². The number of hydrogen-bond acceptors (Lipinski definition) is 6. The monoisotopic (exact) mass is 294 g/mol. The highest BCUT2D eigenvalue weighted by Crippen LogP contribution is 2.26. The average Bonchev–Trinajstić information content (AvgIpc) is 2.35. The third-order valence-corrected chi connectivity index (χ3v) is 2.06. The summed E-state index contributed by atoms with van der Waals surface area (Å²) in [5.41, 5.74) is -0.945. The molecule has 7 nitrogen and oxygen atoms in total. The first-order valence-electron chi connectivity index (χ1n) is 5.18. The molecule has 0 bridgehead atoms. The van der Waals surface area contributed by atoms with Crippen LogP contribution in [0.3, 0.4) is 0 Å². The molecule has 0 aromatic carbocycles. The first kappa shape index (κ1) is 15.7. The summed E-state index contributed by atoms with van der Waals surface area (Å²) in [6.45, 7) is -0.845. The molecule has 110 valence electrons. The van der Waals surface area contributed by atoms with Crippen molar-refractivity contribution < 1.29 is 32.4 Å². The van der Waals surface area contributed by atoms with Crippen molar-refractivity contribution in [3.63, 3.8) is 0 Å². The van der Waals surface area contributed by atoms with E-state index in [1.807, 2.05) is 0 Å². The number of esters is 1. The Labute approximate surface area is 110 Å². The number of carbonyl (C=O) groups is 1. The molecular weight excluding hydrogens is 285 g/mol. The Morgan fingerprint density at radius 1 is 1.45 bits per heavy atom. The Balaban J connectivity index is 2.94. The summed E-state index contributed by atoms with van der Waals surface area (Å²) in [5.74, 6) is -1.55. The van der Waals surface area contributed by atoms with Gasteiger partial charge in [0.1, 0.15) is 0 Å². The van der Waals surface area contributed by atoms with Crippen LogP contribution in [0.25, 0.3) is 0 Å². The molecule has 20 heavy (non-hydrogen) atoms. The number of halogens is 3. The van der Waals surface area contributed by atoms with E-state index in [2.05, 4.69) is 14.5 Å². The second kappa shape index (κ2) is 6.17. The zero-order valence-electron chi connectivity index (χ0n) is 10.1. The van der Waals surface area contributed by atoms with E-state index in [0.717, 1.165) is 19.2 Å². The summed E-state index contributed by atoms with van der Waals surface area (Å²) in [6, 6.07) is 1.92. The van der Waals surface area contributed by atoms with Crippen LogP contribution in [0.15, 0.2) is 12.1 Å². The summed E-state index contributed by atoms with van der Waals surface area (Å²) in [6.07, 6.45) is -5.76. The normalized spacial score (nSPS) is 11.0. The van der Waals surface area contributed by atoms with E-state index in [-0.39, 0.29) is 5.69 Å². The highest BCUT2D eigenvalue weighted by atomic mass is 19.4. The van der Waals surface area contributed by atoms with Gasteiger partial charge in [0.2, 0.25) is 0 Å². The maximum absolute atomic E-state index is 12.0. The molecule has 0 spiro atoms. The fourth-order valence-corrected chi connectivity index (χ4v) is 1.16. The van der Waals surface area contributed by atoms with Crippen LogP contribution in [0, 0.1) is 10.1 Å². The van der Waals surface area contributed by atoms with Crippen LogP contribution in [0.2, 0.25) is 0 Å². The molecule has 0 aliphatic heterocycles. The zero-order valence-corrected chi connectivity index (χ0v) is 10.1. The van der Waals surface area contributed by atoms with Crippen molar-refractivity contribution in [2.45, 2.75) is 12.6 Å². The molecule has 0 radical (unpaired) electrons. The largest absolute Gasteiger partial charge is 0.472 e. The molecule has 0 amide bonds. The van der Waals surface area contributed by atoms with Crippen molar-refractivity contribution in [2.24, 2.45) is 0 Å². The summed E-state index contributed by atoms with van der Waals surface area (Å²) in [7, 11) is 1.07. The fourth-order valence-electron chi connectivity index (χ4n) is 1.16. The van der Waals surface area contributed by atoms with Gasteiger partial charge in [-0.15, -0.1) is 0 Å². The molecule has 0 unspecified atom stereocenters. The van der Waals surface area contributed by atoms with E-state index in [4.69, 9.17) is 0 Å². The van der Waals surface area contributed by atoms with Gasteiger partial charge in [-0.25, -0.2) is 9.78 Å². The number of aromatic nitrogens is 1. The molecular formula is C10H9F3N2O5. The molecule has 0 saturated heterocycles. The van der Waals surface area contributed by atoms with Gasteiger partial charge in [-0.1, -0.05) is 0 Å². The minimum atomic E-state index is -4.46. The quantitative estimate of drug-likeness (QED) is 0.469. The predicted octanol–water partition coefficient (Wildman–Crippen LogP) is 2.11. The Hall–Kier alpha value is -2.39. The number of methoxy groups -OCH3 is 1. The van der Waals surface area contributed by atoms with Gasteiger partial charge in [0, 0.05) is 6.07 Å². The van der Waals surface area contributed by atoms with Crippen LogP contribution in [-0.2, 0) is 4.74 Å². The summed E-state index contributed by atoms with van der Waals surface area (Å²) in [5, 5.41) is 10.7. The Bertz CT molecular complexity index is 518. The maximum atomic E-state index is 12.0. The van der Waals surface area contributed by atoms with E-state index < -0.39 is 41.7 Å². The molecule has 1 aromatic rings. The summed E-state index contributed by atoms with van der Waals surface area (Å²) >= 11 is 0. The first-order valence-corrected chi connectivity index (χ1v) is 5.18. The third kappa shape index (κ3) is 4.37. The maximum Gasteiger partial charge on any atom is 0.392 e. The van der Waals surface area contributed by atoms with Crippen LogP contribution < -0.4 is 4.74 Å². The van der Waals surface area contributed by atoms with Crippen molar-refractivity contribution in [1.82, 2.24) is 4.98 Å². The van der Waals surface area contributed by atoms with Crippen LogP contribution in [0.5, 0.6) is 5.88 Å². The number of rotatable bonds is 5. The van der Waals surface area contributed by atoms with E-state index >= 15 is 0 Å². The number of carbonyl (C=O) groups excluding carboxylic acids is 1. The average molecular weight is 294 g/mol. The Morgan fingerprint density at radius 3 is 2.60 bits per heavy atom. The van der Waals surface area contributed by atoms with Crippen molar-refractivity contribution >= 4 is 11.7 Å². The Kier molecular flexibility index (Phi) is 4.83. The van der Waals surface area contributed by atoms with Crippen LogP contribution in [-0.4, -0.2) is 35.8 Å². The molecule has 0 N–H and O–H groups in total. The molecule has 0 aliphatic rings. The second-order valence-corrected chi connectivity index (χ2v) is 3.48. The molecule has 1 heterocycles. The Morgan fingerprint density at radius 2 is 2.10 bits per heavy atom. The molecule has 1 aromatic heterocycles. The smallest absolute Gasteiger partial charge is 0.392 e. The van der Waals surface area contributed by atoms with Crippen LogP contribution in [0.4, 0.5) is 18.9 Å². The van der Waals surface area contributed by atoms with Gasteiger partial charge in [0.25, 0.3) is 5.88 Å². The molecule has 0 aliphatic carbocycles. The van der Waals surface area contributed by atoms with Crippen molar-refractivity contribution in [1.29, 1.82) is 0 Å². The zero-order chi connectivity index (χ0) is 15.3. The highest BCUT2D eigenvalue weighted by molar-refractivity contribution is 5.87. The third-order valence-electron chi connectivity index (χ3n) is 2.06. The lowest BCUT2D eigenvalue weighted by Crippen LogP contribution is -2.14. The molecule has 10 heteroatoms. The van der Waals surface area contributed by atoms with Crippen LogP contribution >= 0.6 is 0 Å². The number of hydrogen-bond donors (Lipinski definition) is 0. The lowest BCUT2D eigenvalue weighted by molar-refractivity contribution is -0.386. The lowest BCUT2D eigenvalue weighted by Gasteiger charge is -2.08. The molecule has 0 fully saturated rings. The second-order valence-electron chi connectivity index (χ2n) is 3.48. The lowest BCUT2D eigenvalue weighted by atomic mass is 10.3. The number of nitrogens with zero attached hydrogens (tertiary/aromatic N) is 2. The number of alkyl halides is 3. The number of ether oxygens (including phenoxy) is 2. The van der Waals surface area contributed by atoms with Crippen molar-refractivity contribution in [2.75, 3.05) is 13.7 Å². The predicted molar refractivity (Wildman–Crippen MR) is 58.4 cm³/mol. The SMILES string of the molecule is COC(=O)c1ccc([N+](=O)[O-])c(OCCC(F)(F)F)n1. The van der Waals surface area contributed by atoms with E-state index in [0.29, 0.717) is 0 Å². The highest BCUT2D eigenvalue weighted by Gasteiger charge is 2.28. The van der Waals surface area contributed by atoms with Gasteiger partial charge in [0.15, 0.2) is 5.69 Å². The van der Waals surface area contributed by atoms with Crippen molar-refractivity contribution in [3.8, 4) is 5.88 Å². The standard InChI is InChI=1S/C10H9F3N2O5/c1-19-9(16)6-2-3-7(15(17)18)8(14-6)20-5-4-10(11,12)13/h2-3H,4-5H2,1H3. The van der Waals surface area contributed by atoms with Gasteiger partial charge in [0.05, 0.1) is 25.1 Å². The van der Waals surface area contributed by atoms with Crippen molar-refractivity contribution in [3.05, 3.63) is 27.9 Å². The van der Waals surface area contributed by atoms with Gasteiger partial charge < -0.3 is 9.47 Å². The number of nitro groups is 1. The van der Waals surface area contributed by atoms with Gasteiger partial charge >= 0.3 is 17.8 Å². The summed E-state index contributed by atoms with van der Waals surface area (Å²) in [4.78, 5) is 24.5.